The van der Waals surface area contributed by atoms with Gasteiger partial charge in [-0.25, -0.2) is 4.39 Å². The smallest absolute Gasteiger partial charge is 0.252 e. The van der Waals surface area contributed by atoms with Crippen LogP contribution in [-0.2, 0) is 6.42 Å². The Morgan fingerprint density at radius 2 is 2.05 bits per heavy atom. The maximum atomic E-state index is 13.3. The molecule has 0 unspecified atom stereocenters. The molecule has 1 heterocycles. The lowest BCUT2D eigenvalue weighted by molar-refractivity contribution is 0.0954. The van der Waals surface area contributed by atoms with Gasteiger partial charge in [-0.15, -0.1) is 0 Å². The zero-order valence-corrected chi connectivity index (χ0v) is 11.9. The van der Waals surface area contributed by atoms with Crippen LogP contribution < -0.4 is 5.32 Å². The van der Waals surface area contributed by atoms with E-state index in [-0.39, 0.29) is 15.6 Å². The number of nitrogens with one attached hydrogen (secondary N) is 1. The van der Waals surface area contributed by atoms with Crippen molar-refractivity contribution in [1.29, 1.82) is 0 Å². The quantitative estimate of drug-likeness (QED) is 0.878. The SMILES string of the molecule is O=C(NCCc1ccccn1)c1cc(F)c(Cl)cc1Cl. The van der Waals surface area contributed by atoms with Crippen LogP contribution in [0.1, 0.15) is 16.1 Å². The van der Waals surface area contributed by atoms with Gasteiger partial charge in [0.25, 0.3) is 5.91 Å². The summed E-state index contributed by atoms with van der Waals surface area (Å²) < 4.78 is 13.3. The summed E-state index contributed by atoms with van der Waals surface area (Å²) in [5.74, 6) is -1.12. The van der Waals surface area contributed by atoms with E-state index in [9.17, 15) is 9.18 Å². The van der Waals surface area contributed by atoms with Gasteiger partial charge in [0, 0.05) is 24.9 Å². The molecule has 0 aliphatic rings. The number of carbonyl (C=O) groups is 1. The van der Waals surface area contributed by atoms with Gasteiger partial charge in [0.15, 0.2) is 0 Å². The van der Waals surface area contributed by atoms with Crippen LogP contribution in [0.15, 0.2) is 36.5 Å². The van der Waals surface area contributed by atoms with E-state index in [1.165, 1.54) is 6.07 Å². The van der Waals surface area contributed by atoms with Crippen molar-refractivity contribution in [2.24, 2.45) is 0 Å². The molecule has 0 saturated carbocycles. The van der Waals surface area contributed by atoms with Crippen LogP contribution in [-0.4, -0.2) is 17.4 Å². The summed E-state index contributed by atoms with van der Waals surface area (Å²) in [5.41, 5.74) is 0.927. The van der Waals surface area contributed by atoms with Crippen molar-refractivity contribution in [2.75, 3.05) is 6.54 Å². The number of nitrogens with zero attached hydrogens (tertiary/aromatic N) is 1. The molecule has 0 saturated heterocycles. The molecule has 0 atom stereocenters. The topological polar surface area (TPSA) is 42.0 Å². The molecule has 2 rings (SSSR count). The number of benzene rings is 1. The number of carbonyl (C=O) groups excluding carboxylic acids is 1. The second kappa shape index (κ2) is 6.68. The van der Waals surface area contributed by atoms with Crippen molar-refractivity contribution in [2.45, 2.75) is 6.42 Å². The number of pyridine rings is 1. The van der Waals surface area contributed by atoms with Gasteiger partial charge in [-0.05, 0) is 24.3 Å². The summed E-state index contributed by atoms with van der Waals surface area (Å²) in [7, 11) is 0. The molecule has 0 bridgehead atoms. The summed E-state index contributed by atoms with van der Waals surface area (Å²) >= 11 is 11.4. The predicted molar refractivity (Wildman–Crippen MR) is 76.7 cm³/mol. The monoisotopic (exact) mass is 312 g/mol. The largest absolute Gasteiger partial charge is 0.352 e. The van der Waals surface area contributed by atoms with Gasteiger partial charge in [-0.3, -0.25) is 9.78 Å². The second-order valence-corrected chi connectivity index (χ2v) is 4.89. The Bertz CT molecular complexity index is 620. The minimum atomic E-state index is -0.675. The van der Waals surface area contributed by atoms with Crippen LogP contribution in [0, 0.1) is 5.82 Å². The highest BCUT2D eigenvalue weighted by Gasteiger charge is 2.13. The molecule has 3 nitrogen and oxygen atoms in total. The van der Waals surface area contributed by atoms with E-state index >= 15 is 0 Å². The molecule has 1 amide bonds. The van der Waals surface area contributed by atoms with Crippen LogP contribution >= 0.6 is 23.2 Å². The molecule has 0 aliphatic heterocycles. The average Bonchev–Trinajstić information content (AvgIpc) is 2.44. The fourth-order valence-corrected chi connectivity index (χ4v) is 2.11. The second-order valence-electron chi connectivity index (χ2n) is 4.07. The third kappa shape index (κ3) is 3.68. The standard InChI is InChI=1S/C14H11Cl2FN2O/c15-11-8-12(16)13(17)7-10(11)14(20)19-6-4-9-3-1-2-5-18-9/h1-3,5,7-8H,4,6H2,(H,19,20). The fourth-order valence-electron chi connectivity index (χ4n) is 1.64. The highest BCUT2D eigenvalue weighted by atomic mass is 35.5. The van der Waals surface area contributed by atoms with Crippen LogP contribution in [0.2, 0.25) is 10.0 Å². The van der Waals surface area contributed by atoms with E-state index in [4.69, 9.17) is 23.2 Å². The molecule has 1 aromatic heterocycles. The Balaban J connectivity index is 1.97. The maximum Gasteiger partial charge on any atom is 0.252 e. The number of amides is 1. The van der Waals surface area contributed by atoms with E-state index in [0.717, 1.165) is 11.8 Å². The molecule has 1 aromatic carbocycles. The first kappa shape index (κ1) is 14.8. The number of aromatic nitrogens is 1. The average molecular weight is 313 g/mol. The van der Waals surface area contributed by atoms with Gasteiger partial charge in [0.05, 0.1) is 15.6 Å². The first-order chi connectivity index (χ1) is 9.58. The molecule has 0 radical (unpaired) electrons. The molecular formula is C14H11Cl2FN2O. The van der Waals surface area contributed by atoms with Crippen molar-refractivity contribution < 1.29 is 9.18 Å². The third-order valence-corrected chi connectivity index (χ3v) is 3.25. The van der Waals surface area contributed by atoms with Gasteiger partial charge in [0.2, 0.25) is 0 Å². The molecule has 20 heavy (non-hydrogen) atoms. The van der Waals surface area contributed by atoms with Crippen LogP contribution in [0.25, 0.3) is 0 Å². The summed E-state index contributed by atoms with van der Waals surface area (Å²) in [6.45, 7) is 0.385. The van der Waals surface area contributed by atoms with E-state index in [0.29, 0.717) is 13.0 Å². The first-order valence-electron chi connectivity index (χ1n) is 5.90. The van der Waals surface area contributed by atoms with E-state index in [1.54, 1.807) is 6.20 Å². The van der Waals surface area contributed by atoms with Crippen LogP contribution in [0.3, 0.4) is 0 Å². The maximum absolute atomic E-state index is 13.3. The zero-order chi connectivity index (χ0) is 14.5. The first-order valence-corrected chi connectivity index (χ1v) is 6.66. The Morgan fingerprint density at radius 1 is 1.25 bits per heavy atom. The van der Waals surface area contributed by atoms with Crippen molar-refractivity contribution in [1.82, 2.24) is 10.3 Å². The van der Waals surface area contributed by atoms with Gasteiger partial charge in [0.1, 0.15) is 5.82 Å². The molecule has 0 fully saturated rings. The van der Waals surface area contributed by atoms with Crippen molar-refractivity contribution in [3.8, 4) is 0 Å². The fraction of sp³-hybridized carbons (Fsp3) is 0.143. The molecule has 6 heteroatoms. The van der Waals surface area contributed by atoms with Crippen molar-refractivity contribution in [3.63, 3.8) is 0 Å². The normalized spacial score (nSPS) is 10.3. The molecule has 0 spiro atoms. The molecule has 2 aromatic rings. The molecule has 104 valence electrons. The molecule has 1 N–H and O–H groups in total. The third-order valence-electron chi connectivity index (χ3n) is 2.65. The minimum Gasteiger partial charge on any atom is -0.352 e. The summed E-state index contributed by atoms with van der Waals surface area (Å²) in [4.78, 5) is 16.0. The van der Waals surface area contributed by atoms with Crippen molar-refractivity contribution >= 4 is 29.1 Å². The van der Waals surface area contributed by atoms with Gasteiger partial charge < -0.3 is 5.32 Å². The lowest BCUT2D eigenvalue weighted by atomic mass is 10.2. The zero-order valence-electron chi connectivity index (χ0n) is 10.4. The highest BCUT2D eigenvalue weighted by Crippen LogP contribution is 2.24. The van der Waals surface area contributed by atoms with Crippen molar-refractivity contribution in [3.05, 3.63) is 63.6 Å². The molecule has 0 aliphatic carbocycles. The van der Waals surface area contributed by atoms with Gasteiger partial charge in [-0.2, -0.15) is 0 Å². The Morgan fingerprint density at radius 3 is 2.75 bits per heavy atom. The summed E-state index contributed by atoms with van der Waals surface area (Å²) in [6, 6.07) is 7.79. The van der Waals surface area contributed by atoms with Gasteiger partial charge >= 0.3 is 0 Å². The number of hydrogen-bond donors (Lipinski definition) is 1. The Kier molecular flexibility index (Phi) is 4.93. The van der Waals surface area contributed by atoms with Crippen LogP contribution in [0.4, 0.5) is 4.39 Å². The summed E-state index contributed by atoms with van der Waals surface area (Å²) in [6.07, 6.45) is 2.27. The van der Waals surface area contributed by atoms with E-state index in [2.05, 4.69) is 10.3 Å². The highest BCUT2D eigenvalue weighted by molar-refractivity contribution is 6.36. The minimum absolute atomic E-state index is 0.0644. The number of hydrogen-bond acceptors (Lipinski definition) is 2. The van der Waals surface area contributed by atoms with E-state index in [1.807, 2.05) is 18.2 Å². The number of rotatable bonds is 4. The Labute approximate surface area is 125 Å². The lowest BCUT2D eigenvalue weighted by Gasteiger charge is -2.07. The Hall–Kier alpha value is -1.65. The number of halogens is 3. The van der Waals surface area contributed by atoms with Gasteiger partial charge in [-0.1, -0.05) is 29.3 Å². The van der Waals surface area contributed by atoms with Crippen LogP contribution in [0.5, 0.6) is 0 Å². The molecular weight excluding hydrogens is 302 g/mol. The lowest BCUT2D eigenvalue weighted by Crippen LogP contribution is -2.26. The van der Waals surface area contributed by atoms with E-state index < -0.39 is 11.7 Å². The summed E-state index contributed by atoms with van der Waals surface area (Å²) in [5, 5.41) is 2.67. The predicted octanol–water partition coefficient (Wildman–Crippen LogP) is 3.50.